The first-order chi connectivity index (χ1) is 7.72. The topological polar surface area (TPSA) is 21.3 Å². The van der Waals surface area contributed by atoms with Crippen molar-refractivity contribution < 1.29 is 4.74 Å². The molecule has 0 spiro atoms. The summed E-state index contributed by atoms with van der Waals surface area (Å²) in [5.74, 6) is 1.73. The molecule has 0 aliphatic heterocycles. The van der Waals surface area contributed by atoms with Crippen molar-refractivity contribution in [2.24, 2.45) is 11.8 Å². The minimum Gasteiger partial charge on any atom is -0.380 e. The smallest absolute Gasteiger partial charge is 0.0591 e. The van der Waals surface area contributed by atoms with Gasteiger partial charge in [0.25, 0.3) is 0 Å². The molecule has 1 rings (SSSR count). The van der Waals surface area contributed by atoms with E-state index in [0.717, 1.165) is 37.6 Å². The monoisotopic (exact) mass is 227 g/mol. The summed E-state index contributed by atoms with van der Waals surface area (Å²) in [6.45, 7) is 9.61. The number of hydrogen-bond acceptors (Lipinski definition) is 2. The van der Waals surface area contributed by atoms with Crippen molar-refractivity contribution in [3.05, 3.63) is 0 Å². The molecule has 0 amide bonds. The van der Waals surface area contributed by atoms with Gasteiger partial charge in [-0.05, 0) is 37.5 Å². The van der Waals surface area contributed by atoms with Gasteiger partial charge in [0.2, 0.25) is 0 Å². The maximum absolute atomic E-state index is 5.59. The Bertz CT molecular complexity index is 170. The van der Waals surface area contributed by atoms with Crippen molar-refractivity contribution in [2.45, 2.75) is 58.9 Å². The lowest BCUT2D eigenvalue weighted by atomic mass is 10.1. The van der Waals surface area contributed by atoms with Gasteiger partial charge in [0, 0.05) is 19.2 Å². The van der Waals surface area contributed by atoms with Gasteiger partial charge in [-0.25, -0.2) is 0 Å². The summed E-state index contributed by atoms with van der Waals surface area (Å²) in [6, 6.07) is 0.763. The highest BCUT2D eigenvalue weighted by molar-refractivity contribution is 4.79. The molecule has 2 unspecified atom stereocenters. The van der Waals surface area contributed by atoms with E-state index in [1.165, 1.54) is 32.1 Å². The van der Waals surface area contributed by atoms with E-state index in [1.54, 1.807) is 0 Å². The van der Waals surface area contributed by atoms with Crippen LogP contribution >= 0.6 is 0 Å². The predicted octanol–water partition coefficient (Wildman–Crippen LogP) is 3.22. The molecule has 0 heterocycles. The molecule has 2 nitrogen and oxygen atoms in total. The summed E-state index contributed by atoms with van der Waals surface area (Å²) in [4.78, 5) is 0. The molecule has 1 N–H and O–H groups in total. The quantitative estimate of drug-likeness (QED) is 0.643. The van der Waals surface area contributed by atoms with E-state index >= 15 is 0 Å². The fraction of sp³-hybridized carbons (Fsp3) is 1.00. The maximum atomic E-state index is 5.59. The van der Waals surface area contributed by atoms with E-state index in [2.05, 4.69) is 26.1 Å². The van der Waals surface area contributed by atoms with Crippen LogP contribution in [0.15, 0.2) is 0 Å². The largest absolute Gasteiger partial charge is 0.380 e. The van der Waals surface area contributed by atoms with Gasteiger partial charge in [-0.1, -0.05) is 27.2 Å². The average Bonchev–Trinajstić information content (AvgIpc) is 2.70. The lowest BCUT2D eigenvalue weighted by Crippen LogP contribution is -2.30. The van der Waals surface area contributed by atoms with Crippen molar-refractivity contribution in [3.8, 4) is 0 Å². The second-order valence-electron chi connectivity index (χ2n) is 5.53. The van der Waals surface area contributed by atoms with Crippen LogP contribution in [-0.2, 0) is 4.74 Å². The van der Waals surface area contributed by atoms with Crippen LogP contribution in [0.4, 0.5) is 0 Å². The third-order valence-corrected chi connectivity index (χ3v) is 3.64. The molecule has 0 bridgehead atoms. The second kappa shape index (κ2) is 8.08. The van der Waals surface area contributed by atoms with Crippen LogP contribution in [0.1, 0.15) is 52.9 Å². The first-order valence-corrected chi connectivity index (χ1v) is 7.03. The van der Waals surface area contributed by atoms with Crippen LogP contribution in [0, 0.1) is 11.8 Å². The Kier molecular flexibility index (Phi) is 7.06. The van der Waals surface area contributed by atoms with Crippen LogP contribution in [-0.4, -0.2) is 25.8 Å². The highest BCUT2D eigenvalue weighted by Crippen LogP contribution is 2.27. The zero-order chi connectivity index (χ0) is 11.8. The minimum absolute atomic E-state index is 0.758. The summed E-state index contributed by atoms with van der Waals surface area (Å²) in [6.07, 6.45) is 6.69. The number of ether oxygens (including phenoxy) is 1. The van der Waals surface area contributed by atoms with E-state index < -0.39 is 0 Å². The van der Waals surface area contributed by atoms with Gasteiger partial charge in [-0.2, -0.15) is 0 Å². The predicted molar refractivity (Wildman–Crippen MR) is 69.7 cm³/mol. The summed E-state index contributed by atoms with van der Waals surface area (Å²) < 4.78 is 5.59. The van der Waals surface area contributed by atoms with E-state index in [0.29, 0.717) is 0 Å². The summed E-state index contributed by atoms with van der Waals surface area (Å²) in [5.41, 5.74) is 0. The lowest BCUT2D eigenvalue weighted by Gasteiger charge is -2.13. The zero-order valence-corrected chi connectivity index (χ0v) is 11.3. The Balaban J connectivity index is 1.88. The molecule has 16 heavy (non-hydrogen) atoms. The van der Waals surface area contributed by atoms with Crippen LogP contribution in [0.5, 0.6) is 0 Å². The summed E-state index contributed by atoms with van der Waals surface area (Å²) >= 11 is 0. The van der Waals surface area contributed by atoms with Crippen molar-refractivity contribution in [1.29, 1.82) is 0 Å². The maximum Gasteiger partial charge on any atom is 0.0591 e. The molecule has 0 aromatic heterocycles. The van der Waals surface area contributed by atoms with E-state index in [9.17, 15) is 0 Å². The third-order valence-electron chi connectivity index (χ3n) is 3.64. The number of nitrogens with one attached hydrogen (secondary N) is 1. The van der Waals surface area contributed by atoms with Gasteiger partial charge < -0.3 is 10.1 Å². The van der Waals surface area contributed by atoms with Gasteiger partial charge in [-0.3, -0.25) is 0 Å². The van der Waals surface area contributed by atoms with Gasteiger partial charge in [0.15, 0.2) is 0 Å². The molecule has 1 fully saturated rings. The van der Waals surface area contributed by atoms with E-state index in [1.807, 2.05) is 0 Å². The molecule has 96 valence electrons. The Labute approximate surface area is 101 Å². The second-order valence-corrected chi connectivity index (χ2v) is 5.53. The number of rotatable bonds is 8. The van der Waals surface area contributed by atoms with Gasteiger partial charge in [0.1, 0.15) is 0 Å². The van der Waals surface area contributed by atoms with Crippen molar-refractivity contribution in [3.63, 3.8) is 0 Å². The minimum atomic E-state index is 0.758. The molecule has 2 atom stereocenters. The lowest BCUT2D eigenvalue weighted by molar-refractivity contribution is 0.123. The van der Waals surface area contributed by atoms with E-state index in [4.69, 9.17) is 4.74 Å². The van der Waals surface area contributed by atoms with Gasteiger partial charge >= 0.3 is 0 Å². The van der Waals surface area contributed by atoms with Crippen LogP contribution < -0.4 is 5.32 Å². The highest BCUT2D eigenvalue weighted by atomic mass is 16.5. The molecule has 0 saturated heterocycles. The molecule has 0 aromatic rings. The Hall–Kier alpha value is -0.0800. The summed E-state index contributed by atoms with van der Waals surface area (Å²) in [5, 5.41) is 3.61. The Morgan fingerprint density at radius 3 is 2.69 bits per heavy atom. The Morgan fingerprint density at radius 2 is 2.06 bits per heavy atom. The SMILES string of the molecule is CCC1CCC(NCCOCCC(C)C)C1. The van der Waals surface area contributed by atoms with Crippen molar-refractivity contribution in [1.82, 2.24) is 5.32 Å². The first-order valence-electron chi connectivity index (χ1n) is 7.03. The standard InChI is InChI=1S/C14H29NO/c1-4-13-5-6-14(11-13)15-8-10-16-9-7-12(2)3/h12-15H,4-11H2,1-3H3. The van der Waals surface area contributed by atoms with Crippen molar-refractivity contribution in [2.75, 3.05) is 19.8 Å². The molecule has 1 aliphatic carbocycles. The molecular weight excluding hydrogens is 198 g/mol. The molecule has 2 heteroatoms. The normalized spacial score (nSPS) is 25.5. The van der Waals surface area contributed by atoms with Gasteiger partial charge in [0.05, 0.1) is 6.61 Å². The summed E-state index contributed by atoms with van der Waals surface area (Å²) in [7, 11) is 0. The first kappa shape index (κ1) is 14.0. The molecular formula is C14H29NO. The molecule has 0 aromatic carbocycles. The zero-order valence-electron chi connectivity index (χ0n) is 11.3. The van der Waals surface area contributed by atoms with Crippen LogP contribution in [0.3, 0.4) is 0 Å². The third kappa shape index (κ3) is 5.86. The Morgan fingerprint density at radius 1 is 1.25 bits per heavy atom. The average molecular weight is 227 g/mol. The number of hydrogen-bond donors (Lipinski definition) is 1. The van der Waals surface area contributed by atoms with Gasteiger partial charge in [-0.15, -0.1) is 0 Å². The fourth-order valence-electron chi connectivity index (χ4n) is 2.39. The van der Waals surface area contributed by atoms with Crippen molar-refractivity contribution >= 4 is 0 Å². The van der Waals surface area contributed by atoms with Crippen LogP contribution in [0.2, 0.25) is 0 Å². The highest BCUT2D eigenvalue weighted by Gasteiger charge is 2.22. The molecule has 1 saturated carbocycles. The molecule has 0 radical (unpaired) electrons. The fourth-order valence-corrected chi connectivity index (χ4v) is 2.39. The van der Waals surface area contributed by atoms with E-state index in [-0.39, 0.29) is 0 Å². The van der Waals surface area contributed by atoms with Crippen LogP contribution in [0.25, 0.3) is 0 Å². The molecule has 1 aliphatic rings.